The Labute approximate surface area is 164 Å². The zero-order chi connectivity index (χ0) is 20.0. The van der Waals surface area contributed by atoms with Crippen molar-refractivity contribution in [3.8, 4) is 17.0 Å². The molecule has 0 atom stereocenters. The fourth-order valence-corrected chi connectivity index (χ4v) is 3.82. The lowest BCUT2D eigenvalue weighted by molar-refractivity contribution is 0.416. The summed E-state index contributed by atoms with van der Waals surface area (Å²) in [6, 6.07) is 16.0. The molecule has 0 aliphatic heterocycles. The number of sulfonamides is 1. The molecule has 0 aliphatic carbocycles. The molecule has 0 amide bonds. The number of nitrogens with one attached hydrogen (secondary N) is 2. The highest BCUT2D eigenvalue weighted by Gasteiger charge is 2.14. The number of hydrogen-bond acceptors (Lipinski definition) is 6. The van der Waals surface area contributed by atoms with Crippen LogP contribution in [0.3, 0.4) is 0 Å². The lowest BCUT2D eigenvalue weighted by Crippen LogP contribution is -2.24. The summed E-state index contributed by atoms with van der Waals surface area (Å²) in [7, 11) is -1.93. The molecule has 0 spiro atoms. The Balaban J connectivity index is 1.86. The first-order chi connectivity index (χ1) is 13.5. The van der Waals surface area contributed by atoms with E-state index in [2.05, 4.69) is 20.0 Å². The van der Waals surface area contributed by atoms with Gasteiger partial charge in [-0.1, -0.05) is 25.1 Å². The van der Waals surface area contributed by atoms with E-state index >= 15 is 0 Å². The van der Waals surface area contributed by atoms with Gasteiger partial charge in [0.1, 0.15) is 17.9 Å². The van der Waals surface area contributed by atoms with Crippen molar-refractivity contribution >= 4 is 21.5 Å². The summed E-state index contributed by atoms with van der Waals surface area (Å²) >= 11 is 0. The minimum atomic E-state index is -3.54. The quantitative estimate of drug-likeness (QED) is 0.602. The smallest absolute Gasteiger partial charge is 0.240 e. The first-order valence-corrected chi connectivity index (χ1v) is 10.3. The summed E-state index contributed by atoms with van der Waals surface area (Å²) in [5.41, 5.74) is 2.16. The summed E-state index contributed by atoms with van der Waals surface area (Å²) in [6.45, 7) is 2.31. The van der Waals surface area contributed by atoms with Gasteiger partial charge in [-0.15, -0.1) is 0 Å². The van der Waals surface area contributed by atoms with Gasteiger partial charge in [-0.05, 0) is 36.8 Å². The van der Waals surface area contributed by atoms with E-state index < -0.39 is 10.0 Å². The van der Waals surface area contributed by atoms with Gasteiger partial charge in [0.15, 0.2) is 0 Å². The van der Waals surface area contributed by atoms with Crippen molar-refractivity contribution in [2.24, 2.45) is 0 Å². The SMILES string of the molecule is CCCNS(=O)(=O)c1cccc(Nc2cc(-c3ccccc3OC)ncn2)c1. The van der Waals surface area contributed by atoms with Gasteiger partial charge < -0.3 is 10.1 Å². The Bertz CT molecular complexity index is 1050. The van der Waals surface area contributed by atoms with E-state index in [9.17, 15) is 8.42 Å². The molecule has 0 saturated heterocycles. The van der Waals surface area contributed by atoms with Crippen LogP contribution in [0, 0.1) is 0 Å². The van der Waals surface area contributed by atoms with Crippen LogP contribution in [0.5, 0.6) is 5.75 Å². The summed E-state index contributed by atoms with van der Waals surface area (Å²) < 4.78 is 32.6. The number of ether oxygens (including phenoxy) is 1. The van der Waals surface area contributed by atoms with Gasteiger partial charge in [0.05, 0.1) is 17.7 Å². The number of benzene rings is 2. The van der Waals surface area contributed by atoms with Crippen LogP contribution >= 0.6 is 0 Å². The molecular weight excluding hydrogens is 376 g/mol. The standard InChI is InChI=1S/C20H22N4O3S/c1-3-11-23-28(25,26)16-8-6-7-15(12-16)24-20-13-18(21-14-22-20)17-9-4-5-10-19(17)27-2/h4-10,12-14,23H,3,11H2,1-2H3,(H,21,22,24). The summed E-state index contributed by atoms with van der Waals surface area (Å²) in [4.78, 5) is 8.74. The highest BCUT2D eigenvalue weighted by Crippen LogP contribution is 2.29. The van der Waals surface area contributed by atoms with Crippen molar-refractivity contribution in [1.82, 2.24) is 14.7 Å². The van der Waals surface area contributed by atoms with Crippen LogP contribution in [0.4, 0.5) is 11.5 Å². The van der Waals surface area contributed by atoms with E-state index in [4.69, 9.17) is 4.74 Å². The van der Waals surface area contributed by atoms with Gasteiger partial charge in [0, 0.05) is 23.9 Å². The average Bonchev–Trinajstić information content (AvgIpc) is 2.72. The molecule has 0 fully saturated rings. The monoisotopic (exact) mass is 398 g/mol. The van der Waals surface area contributed by atoms with E-state index in [-0.39, 0.29) is 4.90 Å². The predicted molar refractivity (Wildman–Crippen MR) is 109 cm³/mol. The maximum Gasteiger partial charge on any atom is 0.240 e. The summed E-state index contributed by atoms with van der Waals surface area (Å²) in [6.07, 6.45) is 2.18. The number of rotatable bonds is 8. The third-order valence-electron chi connectivity index (χ3n) is 4.01. The molecular formula is C20H22N4O3S. The number of para-hydroxylation sites is 1. The lowest BCUT2D eigenvalue weighted by Gasteiger charge is -2.11. The van der Waals surface area contributed by atoms with Crippen molar-refractivity contribution < 1.29 is 13.2 Å². The van der Waals surface area contributed by atoms with Crippen LogP contribution in [-0.2, 0) is 10.0 Å². The number of methoxy groups -OCH3 is 1. The van der Waals surface area contributed by atoms with Gasteiger partial charge in [-0.2, -0.15) is 0 Å². The van der Waals surface area contributed by atoms with Crippen LogP contribution in [0.1, 0.15) is 13.3 Å². The second-order valence-electron chi connectivity index (χ2n) is 6.04. The highest BCUT2D eigenvalue weighted by molar-refractivity contribution is 7.89. The molecule has 3 aromatic rings. The molecule has 2 N–H and O–H groups in total. The largest absolute Gasteiger partial charge is 0.496 e. The lowest BCUT2D eigenvalue weighted by atomic mass is 10.1. The van der Waals surface area contributed by atoms with Crippen LogP contribution < -0.4 is 14.8 Å². The number of hydrogen-bond donors (Lipinski definition) is 2. The van der Waals surface area contributed by atoms with Crippen LogP contribution in [0.2, 0.25) is 0 Å². The van der Waals surface area contributed by atoms with Gasteiger partial charge in [-0.25, -0.2) is 23.1 Å². The van der Waals surface area contributed by atoms with E-state index in [0.29, 0.717) is 29.5 Å². The molecule has 0 saturated carbocycles. The average molecular weight is 398 g/mol. The van der Waals surface area contributed by atoms with Crippen molar-refractivity contribution in [3.63, 3.8) is 0 Å². The van der Waals surface area contributed by atoms with Crippen LogP contribution in [0.25, 0.3) is 11.3 Å². The zero-order valence-corrected chi connectivity index (χ0v) is 16.5. The normalized spacial score (nSPS) is 11.2. The molecule has 3 rings (SSSR count). The fraction of sp³-hybridized carbons (Fsp3) is 0.200. The second-order valence-corrected chi connectivity index (χ2v) is 7.81. The van der Waals surface area contributed by atoms with Gasteiger partial charge >= 0.3 is 0 Å². The third kappa shape index (κ3) is 4.65. The number of nitrogens with zero attached hydrogens (tertiary/aromatic N) is 2. The first-order valence-electron chi connectivity index (χ1n) is 8.85. The maximum atomic E-state index is 12.3. The third-order valence-corrected chi connectivity index (χ3v) is 5.47. The summed E-state index contributed by atoms with van der Waals surface area (Å²) in [5, 5.41) is 3.14. The van der Waals surface area contributed by atoms with Crippen molar-refractivity contribution in [2.75, 3.05) is 19.0 Å². The van der Waals surface area contributed by atoms with E-state index in [1.807, 2.05) is 31.2 Å². The first kappa shape index (κ1) is 19.8. The Morgan fingerprint density at radius 2 is 1.86 bits per heavy atom. The minimum Gasteiger partial charge on any atom is -0.496 e. The molecule has 0 unspecified atom stereocenters. The molecule has 0 radical (unpaired) electrons. The summed E-state index contributed by atoms with van der Waals surface area (Å²) in [5.74, 6) is 1.26. The van der Waals surface area contributed by atoms with Gasteiger partial charge in [-0.3, -0.25) is 0 Å². The van der Waals surface area contributed by atoms with Crippen molar-refractivity contribution in [1.29, 1.82) is 0 Å². The number of aromatic nitrogens is 2. The number of anilines is 2. The molecule has 1 aromatic heterocycles. The van der Waals surface area contributed by atoms with Gasteiger partial charge in [0.2, 0.25) is 10.0 Å². The molecule has 7 nitrogen and oxygen atoms in total. The minimum absolute atomic E-state index is 0.199. The maximum absolute atomic E-state index is 12.3. The Kier molecular flexibility index (Phi) is 6.23. The molecule has 146 valence electrons. The van der Waals surface area contributed by atoms with Crippen molar-refractivity contribution in [3.05, 3.63) is 60.9 Å². The Morgan fingerprint density at radius 3 is 2.64 bits per heavy atom. The fourth-order valence-electron chi connectivity index (χ4n) is 2.64. The van der Waals surface area contributed by atoms with Gasteiger partial charge in [0.25, 0.3) is 0 Å². The van der Waals surface area contributed by atoms with Crippen LogP contribution in [-0.4, -0.2) is 32.0 Å². The van der Waals surface area contributed by atoms with E-state index in [0.717, 1.165) is 12.0 Å². The van der Waals surface area contributed by atoms with E-state index in [1.165, 1.54) is 6.33 Å². The topological polar surface area (TPSA) is 93.2 Å². The molecule has 28 heavy (non-hydrogen) atoms. The molecule has 8 heteroatoms. The van der Waals surface area contributed by atoms with Crippen molar-refractivity contribution in [2.45, 2.75) is 18.2 Å². The Hall–Kier alpha value is -2.97. The zero-order valence-electron chi connectivity index (χ0n) is 15.7. The molecule has 2 aromatic carbocycles. The Morgan fingerprint density at radius 1 is 1.04 bits per heavy atom. The molecule has 0 bridgehead atoms. The molecule has 0 aliphatic rings. The predicted octanol–water partition coefficient (Wildman–Crippen LogP) is 3.58. The van der Waals surface area contributed by atoms with E-state index in [1.54, 1.807) is 37.4 Å². The second kappa shape index (κ2) is 8.81. The molecule has 1 heterocycles. The van der Waals surface area contributed by atoms with Crippen LogP contribution in [0.15, 0.2) is 65.8 Å². The highest BCUT2D eigenvalue weighted by atomic mass is 32.2.